The van der Waals surface area contributed by atoms with E-state index in [4.69, 9.17) is 0 Å². The van der Waals surface area contributed by atoms with Gasteiger partial charge in [0.15, 0.2) is 0 Å². The predicted octanol–water partition coefficient (Wildman–Crippen LogP) is 2.45. The van der Waals surface area contributed by atoms with Crippen LogP contribution in [-0.2, 0) is 0 Å². The average Bonchev–Trinajstić information content (AvgIpc) is 2.91. The molecule has 1 aliphatic heterocycles. The van der Waals surface area contributed by atoms with Crippen LogP contribution in [0.4, 0.5) is 0 Å². The minimum absolute atomic E-state index is 0.0167. The Kier molecular flexibility index (Phi) is 5.34. The maximum atomic E-state index is 12.5. The van der Waals surface area contributed by atoms with Gasteiger partial charge in [-0.25, -0.2) is 4.98 Å². The molecule has 1 aromatic rings. The first kappa shape index (κ1) is 14.5. The van der Waals surface area contributed by atoms with Gasteiger partial charge in [-0.1, -0.05) is 6.92 Å². The average molecular weight is 326 g/mol. The summed E-state index contributed by atoms with van der Waals surface area (Å²) in [6.07, 6.45) is 4.97. The Morgan fingerprint density at radius 3 is 3.11 bits per heavy atom. The van der Waals surface area contributed by atoms with E-state index in [0.29, 0.717) is 11.7 Å². The van der Waals surface area contributed by atoms with Crippen molar-refractivity contribution in [2.75, 3.05) is 19.6 Å². The summed E-state index contributed by atoms with van der Waals surface area (Å²) < 4.78 is 0.764. The van der Waals surface area contributed by atoms with Gasteiger partial charge in [0, 0.05) is 29.8 Å². The van der Waals surface area contributed by atoms with E-state index in [1.165, 1.54) is 6.42 Å². The number of aromatic nitrogens is 1. The number of amides is 1. The minimum atomic E-state index is 0.0167. The highest BCUT2D eigenvalue weighted by Crippen LogP contribution is 2.17. The molecule has 1 atom stereocenters. The van der Waals surface area contributed by atoms with E-state index < -0.39 is 0 Å². The van der Waals surface area contributed by atoms with Crippen LogP contribution in [0.25, 0.3) is 0 Å². The van der Waals surface area contributed by atoms with E-state index in [-0.39, 0.29) is 5.91 Å². The number of carbonyl (C=O) groups excluding carboxylic acids is 1. The van der Waals surface area contributed by atoms with Gasteiger partial charge in [-0.2, -0.15) is 0 Å². The molecule has 1 amide bonds. The van der Waals surface area contributed by atoms with Gasteiger partial charge in [0.25, 0.3) is 5.91 Å². The Morgan fingerprint density at radius 1 is 1.63 bits per heavy atom. The molecule has 0 aromatic carbocycles. The second kappa shape index (κ2) is 7.01. The van der Waals surface area contributed by atoms with Crippen LogP contribution in [0.1, 0.15) is 36.7 Å². The Morgan fingerprint density at radius 2 is 2.47 bits per heavy atom. The highest BCUT2D eigenvalue weighted by Gasteiger charge is 2.23. The standard InChI is InChI=1S/C14H20BrN3O/c1-2-9-18(10-11-5-3-7-16-11)14(19)13-12(15)6-4-8-17-13/h4,6,8,11,16H,2-3,5,7,9-10H2,1H3. The second-order valence-electron chi connectivity index (χ2n) is 4.88. The molecule has 104 valence electrons. The van der Waals surface area contributed by atoms with Gasteiger partial charge in [0.05, 0.1) is 0 Å². The molecule has 0 saturated carbocycles. The van der Waals surface area contributed by atoms with Crippen molar-refractivity contribution >= 4 is 21.8 Å². The number of pyridine rings is 1. The summed E-state index contributed by atoms with van der Waals surface area (Å²) in [5.74, 6) is 0.0167. The molecule has 1 aliphatic rings. The number of hydrogen-bond donors (Lipinski definition) is 1. The maximum Gasteiger partial charge on any atom is 0.273 e. The lowest BCUT2D eigenvalue weighted by molar-refractivity contribution is 0.0735. The molecule has 0 radical (unpaired) electrons. The van der Waals surface area contributed by atoms with Crippen LogP contribution in [0, 0.1) is 0 Å². The third kappa shape index (κ3) is 3.76. The number of nitrogens with one attached hydrogen (secondary N) is 1. The molecule has 2 rings (SSSR count). The Bertz CT molecular complexity index is 432. The summed E-state index contributed by atoms with van der Waals surface area (Å²) in [4.78, 5) is 18.7. The molecule has 19 heavy (non-hydrogen) atoms. The number of halogens is 1. The van der Waals surface area contributed by atoms with E-state index in [2.05, 4.69) is 33.2 Å². The van der Waals surface area contributed by atoms with Gasteiger partial charge in [-0.05, 0) is 53.9 Å². The highest BCUT2D eigenvalue weighted by molar-refractivity contribution is 9.10. The number of nitrogens with zero attached hydrogens (tertiary/aromatic N) is 2. The van der Waals surface area contributed by atoms with Gasteiger partial charge in [0.2, 0.25) is 0 Å². The van der Waals surface area contributed by atoms with Crippen molar-refractivity contribution in [1.29, 1.82) is 0 Å². The van der Waals surface area contributed by atoms with Crippen LogP contribution in [0.5, 0.6) is 0 Å². The first-order valence-corrected chi connectivity index (χ1v) is 7.65. The molecular weight excluding hydrogens is 306 g/mol. The molecule has 1 unspecified atom stereocenters. The fraction of sp³-hybridized carbons (Fsp3) is 0.571. The third-order valence-corrected chi connectivity index (χ3v) is 3.98. The number of rotatable bonds is 5. The summed E-state index contributed by atoms with van der Waals surface area (Å²) in [5, 5.41) is 3.44. The van der Waals surface area contributed by atoms with Crippen LogP contribution >= 0.6 is 15.9 Å². The number of hydrogen-bond acceptors (Lipinski definition) is 3. The van der Waals surface area contributed by atoms with Crippen molar-refractivity contribution in [3.05, 3.63) is 28.5 Å². The topological polar surface area (TPSA) is 45.2 Å². The normalized spacial score (nSPS) is 18.5. The van der Waals surface area contributed by atoms with Gasteiger partial charge >= 0.3 is 0 Å². The third-order valence-electron chi connectivity index (χ3n) is 3.34. The molecule has 4 nitrogen and oxygen atoms in total. The van der Waals surface area contributed by atoms with Gasteiger partial charge in [0.1, 0.15) is 5.69 Å². The molecule has 5 heteroatoms. The Balaban J connectivity index is 2.09. The van der Waals surface area contributed by atoms with Crippen LogP contribution in [0.3, 0.4) is 0 Å². The van der Waals surface area contributed by atoms with E-state index in [1.54, 1.807) is 6.20 Å². The molecule has 1 aromatic heterocycles. The molecule has 1 fully saturated rings. The van der Waals surface area contributed by atoms with E-state index in [1.807, 2.05) is 17.0 Å². The molecule has 0 spiro atoms. The van der Waals surface area contributed by atoms with Crippen molar-refractivity contribution < 1.29 is 4.79 Å². The quantitative estimate of drug-likeness (QED) is 0.904. The molecule has 0 aliphatic carbocycles. The van der Waals surface area contributed by atoms with E-state index in [0.717, 1.165) is 36.9 Å². The zero-order chi connectivity index (χ0) is 13.7. The number of carbonyl (C=O) groups is 1. The fourth-order valence-electron chi connectivity index (χ4n) is 2.42. The monoisotopic (exact) mass is 325 g/mol. The van der Waals surface area contributed by atoms with E-state index in [9.17, 15) is 4.79 Å². The Hall–Kier alpha value is -0.940. The lowest BCUT2D eigenvalue weighted by atomic mass is 10.2. The molecule has 2 heterocycles. The zero-order valence-corrected chi connectivity index (χ0v) is 12.8. The molecular formula is C14H20BrN3O. The summed E-state index contributed by atoms with van der Waals surface area (Å²) in [6, 6.07) is 4.11. The summed E-state index contributed by atoms with van der Waals surface area (Å²) >= 11 is 3.40. The predicted molar refractivity (Wildman–Crippen MR) is 79.2 cm³/mol. The van der Waals surface area contributed by atoms with Crippen LogP contribution in [0.15, 0.2) is 22.8 Å². The molecule has 1 saturated heterocycles. The van der Waals surface area contributed by atoms with Crippen molar-refractivity contribution in [1.82, 2.24) is 15.2 Å². The summed E-state index contributed by atoms with van der Waals surface area (Å²) in [5.41, 5.74) is 0.508. The van der Waals surface area contributed by atoms with Crippen molar-refractivity contribution in [3.8, 4) is 0 Å². The van der Waals surface area contributed by atoms with Crippen LogP contribution in [-0.4, -0.2) is 41.5 Å². The molecule has 1 N–H and O–H groups in total. The van der Waals surface area contributed by atoms with Gasteiger partial charge in [-0.15, -0.1) is 0 Å². The minimum Gasteiger partial charge on any atom is -0.336 e. The van der Waals surface area contributed by atoms with Crippen molar-refractivity contribution in [3.63, 3.8) is 0 Å². The van der Waals surface area contributed by atoms with Gasteiger partial charge < -0.3 is 10.2 Å². The van der Waals surface area contributed by atoms with Crippen molar-refractivity contribution in [2.24, 2.45) is 0 Å². The fourth-order valence-corrected chi connectivity index (χ4v) is 2.84. The maximum absolute atomic E-state index is 12.5. The van der Waals surface area contributed by atoms with Crippen molar-refractivity contribution in [2.45, 2.75) is 32.2 Å². The first-order valence-electron chi connectivity index (χ1n) is 6.85. The lowest BCUT2D eigenvalue weighted by Gasteiger charge is -2.25. The van der Waals surface area contributed by atoms with E-state index >= 15 is 0 Å². The largest absolute Gasteiger partial charge is 0.336 e. The van der Waals surface area contributed by atoms with Crippen LogP contribution in [0.2, 0.25) is 0 Å². The first-order chi connectivity index (χ1) is 9.22. The van der Waals surface area contributed by atoms with Crippen LogP contribution < -0.4 is 5.32 Å². The SMILES string of the molecule is CCCN(CC1CCCN1)C(=O)c1ncccc1Br. The smallest absolute Gasteiger partial charge is 0.273 e. The zero-order valence-electron chi connectivity index (χ0n) is 11.2. The highest BCUT2D eigenvalue weighted by atomic mass is 79.9. The Labute approximate surface area is 122 Å². The summed E-state index contributed by atoms with van der Waals surface area (Å²) in [6.45, 7) is 4.71. The molecule has 0 bridgehead atoms. The van der Waals surface area contributed by atoms with Gasteiger partial charge in [-0.3, -0.25) is 4.79 Å². The lowest BCUT2D eigenvalue weighted by Crippen LogP contribution is -2.41. The summed E-state index contributed by atoms with van der Waals surface area (Å²) in [7, 11) is 0. The second-order valence-corrected chi connectivity index (χ2v) is 5.73.